The fourth-order valence-corrected chi connectivity index (χ4v) is 1.61. The Balaban J connectivity index is 2.40. The fourth-order valence-electron chi connectivity index (χ4n) is 1.32. The SMILES string of the molecule is COC[C@H](C)NC(=O)COc1ccc(Cl)c(Cl)c1. The van der Waals surface area contributed by atoms with E-state index in [1.165, 1.54) is 0 Å². The van der Waals surface area contributed by atoms with E-state index in [0.29, 0.717) is 22.4 Å². The molecule has 18 heavy (non-hydrogen) atoms. The van der Waals surface area contributed by atoms with Crippen molar-refractivity contribution in [3.63, 3.8) is 0 Å². The van der Waals surface area contributed by atoms with Gasteiger partial charge in [0.25, 0.3) is 5.91 Å². The van der Waals surface area contributed by atoms with Crippen LogP contribution in [0.3, 0.4) is 0 Å². The summed E-state index contributed by atoms with van der Waals surface area (Å²) in [4.78, 5) is 11.5. The molecule has 100 valence electrons. The zero-order valence-electron chi connectivity index (χ0n) is 10.2. The second kappa shape index (κ2) is 7.46. The van der Waals surface area contributed by atoms with Gasteiger partial charge in [-0.3, -0.25) is 4.79 Å². The topological polar surface area (TPSA) is 47.6 Å². The maximum atomic E-state index is 11.5. The molecule has 0 spiro atoms. The van der Waals surface area contributed by atoms with Gasteiger partial charge in [-0.15, -0.1) is 0 Å². The molecule has 1 amide bonds. The molecule has 0 bridgehead atoms. The van der Waals surface area contributed by atoms with E-state index in [1.54, 1.807) is 25.3 Å². The molecule has 0 radical (unpaired) electrons. The molecule has 0 fully saturated rings. The lowest BCUT2D eigenvalue weighted by atomic mass is 10.3. The number of hydrogen-bond acceptors (Lipinski definition) is 3. The third-order valence-electron chi connectivity index (χ3n) is 2.09. The molecule has 1 rings (SSSR count). The highest BCUT2D eigenvalue weighted by Gasteiger charge is 2.08. The van der Waals surface area contributed by atoms with Gasteiger partial charge in [-0.2, -0.15) is 0 Å². The predicted octanol–water partition coefficient (Wildman–Crippen LogP) is 2.52. The summed E-state index contributed by atoms with van der Waals surface area (Å²) in [6, 6.07) is 4.78. The largest absolute Gasteiger partial charge is 0.484 e. The molecule has 6 heteroatoms. The van der Waals surface area contributed by atoms with Crippen molar-refractivity contribution in [2.45, 2.75) is 13.0 Å². The predicted molar refractivity (Wildman–Crippen MR) is 71.4 cm³/mol. The van der Waals surface area contributed by atoms with E-state index in [-0.39, 0.29) is 18.6 Å². The maximum Gasteiger partial charge on any atom is 0.258 e. The molecule has 0 aliphatic rings. The van der Waals surface area contributed by atoms with Gasteiger partial charge in [0, 0.05) is 19.2 Å². The van der Waals surface area contributed by atoms with Crippen molar-refractivity contribution in [3.8, 4) is 5.75 Å². The lowest BCUT2D eigenvalue weighted by Gasteiger charge is -2.13. The summed E-state index contributed by atoms with van der Waals surface area (Å²) in [5.41, 5.74) is 0. The normalized spacial score (nSPS) is 12.0. The van der Waals surface area contributed by atoms with Gasteiger partial charge < -0.3 is 14.8 Å². The van der Waals surface area contributed by atoms with Gasteiger partial charge in [0.2, 0.25) is 0 Å². The van der Waals surface area contributed by atoms with Gasteiger partial charge >= 0.3 is 0 Å². The van der Waals surface area contributed by atoms with Crippen LogP contribution in [0.4, 0.5) is 0 Å². The molecule has 0 unspecified atom stereocenters. The average molecular weight is 292 g/mol. The Morgan fingerprint density at radius 1 is 1.39 bits per heavy atom. The Morgan fingerprint density at radius 3 is 2.72 bits per heavy atom. The first-order valence-electron chi connectivity index (χ1n) is 5.39. The first kappa shape index (κ1) is 15.1. The van der Waals surface area contributed by atoms with Crippen molar-refractivity contribution < 1.29 is 14.3 Å². The summed E-state index contributed by atoms with van der Waals surface area (Å²) in [5, 5.41) is 3.57. The Bertz CT molecular complexity index is 412. The van der Waals surface area contributed by atoms with Crippen molar-refractivity contribution in [2.75, 3.05) is 20.3 Å². The summed E-state index contributed by atoms with van der Waals surface area (Å²) < 4.78 is 10.2. The molecule has 1 aromatic rings. The lowest BCUT2D eigenvalue weighted by molar-refractivity contribution is -0.124. The van der Waals surface area contributed by atoms with Gasteiger partial charge in [-0.1, -0.05) is 23.2 Å². The lowest BCUT2D eigenvalue weighted by Crippen LogP contribution is -2.38. The van der Waals surface area contributed by atoms with E-state index in [1.807, 2.05) is 6.92 Å². The fraction of sp³-hybridized carbons (Fsp3) is 0.417. The molecule has 0 aliphatic heterocycles. The Hall–Kier alpha value is -0.970. The minimum atomic E-state index is -0.217. The number of methoxy groups -OCH3 is 1. The standard InChI is InChI=1S/C12H15Cl2NO3/c1-8(6-17-2)15-12(16)7-18-9-3-4-10(13)11(14)5-9/h3-5,8H,6-7H2,1-2H3,(H,15,16)/t8-/m0/s1. The second-order valence-corrected chi connectivity index (χ2v) is 4.60. The van der Waals surface area contributed by atoms with Crippen LogP contribution in [0.2, 0.25) is 10.0 Å². The maximum absolute atomic E-state index is 11.5. The third-order valence-corrected chi connectivity index (χ3v) is 2.82. The summed E-state index contributed by atoms with van der Waals surface area (Å²) in [5.74, 6) is 0.282. The first-order chi connectivity index (χ1) is 8.52. The minimum Gasteiger partial charge on any atom is -0.484 e. The van der Waals surface area contributed by atoms with Crippen LogP contribution in [-0.2, 0) is 9.53 Å². The van der Waals surface area contributed by atoms with E-state index < -0.39 is 0 Å². The molecule has 0 saturated heterocycles. The number of carbonyl (C=O) groups excluding carboxylic acids is 1. The molecular formula is C12H15Cl2NO3. The molecule has 0 aliphatic carbocycles. The number of nitrogens with one attached hydrogen (secondary N) is 1. The molecule has 0 aromatic heterocycles. The summed E-state index contributed by atoms with van der Waals surface area (Å²) in [6.45, 7) is 2.23. The average Bonchev–Trinajstić information content (AvgIpc) is 2.31. The van der Waals surface area contributed by atoms with Crippen molar-refractivity contribution in [2.24, 2.45) is 0 Å². The van der Waals surface area contributed by atoms with Gasteiger partial charge in [-0.05, 0) is 19.1 Å². The smallest absolute Gasteiger partial charge is 0.258 e. The molecule has 4 nitrogen and oxygen atoms in total. The number of halogens is 2. The van der Waals surface area contributed by atoms with Crippen molar-refractivity contribution in [1.82, 2.24) is 5.32 Å². The van der Waals surface area contributed by atoms with Crippen LogP contribution in [0.1, 0.15) is 6.92 Å². The van der Waals surface area contributed by atoms with Gasteiger partial charge in [-0.25, -0.2) is 0 Å². The van der Waals surface area contributed by atoms with Crippen molar-refractivity contribution in [3.05, 3.63) is 28.2 Å². The number of ether oxygens (including phenoxy) is 2. The molecule has 1 atom stereocenters. The Kier molecular flexibility index (Phi) is 6.25. The Morgan fingerprint density at radius 2 is 2.11 bits per heavy atom. The third kappa shape index (κ3) is 5.12. The minimum absolute atomic E-state index is 0.0556. The zero-order valence-corrected chi connectivity index (χ0v) is 11.7. The van der Waals surface area contributed by atoms with E-state index in [0.717, 1.165) is 0 Å². The highest BCUT2D eigenvalue weighted by Crippen LogP contribution is 2.26. The van der Waals surface area contributed by atoms with Crippen LogP contribution in [-0.4, -0.2) is 32.3 Å². The van der Waals surface area contributed by atoms with Crippen molar-refractivity contribution in [1.29, 1.82) is 0 Å². The summed E-state index contributed by atoms with van der Waals surface area (Å²) in [6.07, 6.45) is 0. The van der Waals surface area contributed by atoms with Gasteiger partial charge in [0.05, 0.1) is 16.7 Å². The summed E-state index contributed by atoms with van der Waals surface area (Å²) in [7, 11) is 1.58. The number of benzene rings is 1. The number of hydrogen-bond donors (Lipinski definition) is 1. The second-order valence-electron chi connectivity index (χ2n) is 3.79. The summed E-state index contributed by atoms with van der Waals surface area (Å²) >= 11 is 11.6. The molecule has 0 heterocycles. The van der Waals surface area contributed by atoms with Crippen LogP contribution in [0.25, 0.3) is 0 Å². The van der Waals surface area contributed by atoms with Crippen LogP contribution >= 0.6 is 23.2 Å². The van der Waals surface area contributed by atoms with Crippen LogP contribution in [0.15, 0.2) is 18.2 Å². The number of carbonyl (C=O) groups is 1. The quantitative estimate of drug-likeness (QED) is 0.876. The molecular weight excluding hydrogens is 277 g/mol. The highest BCUT2D eigenvalue weighted by molar-refractivity contribution is 6.42. The van der Waals surface area contributed by atoms with E-state index in [2.05, 4.69) is 5.32 Å². The van der Waals surface area contributed by atoms with E-state index >= 15 is 0 Å². The van der Waals surface area contributed by atoms with Crippen LogP contribution in [0.5, 0.6) is 5.75 Å². The van der Waals surface area contributed by atoms with Crippen LogP contribution < -0.4 is 10.1 Å². The van der Waals surface area contributed by atoms with Crippen LogP contribution in [0, 0.1) is 0 Å². The van der Waals surface area contributed by atoms with Gasteiger partial charge in [0.15, 0.2) is 6.61 Å². The van der Waals surface area contributed by atoms with E-state index in [9.17, 15) is 4.79 Å². The Labute approximate surface area is 116 Å². The molecule has 0 saturated carbocycles. The van der Waals surface area contributed by atoms with E-state index in [4.69, 9.17) is 32.7 Å². The monoisotopic (exact) mass is 291 g/mol. The number of rotatable bonds is 6. The molecule has 1 aromatic carbocycles. The zero-order chi connectivity index (χ0) is 13.5. The number of amides is 1. The van der Waals surface area contributed by atoms with Crippen molar-refractivity contribution >= 4 is 29.1 Å². The highest BCUT2D eigenvalue weighted by atomic mass is 35.5. The first-order valence-corrected chi connectivity index (χ1v) is 6.14. The molecule has 1 N–H and O–H groups in total. The van der Waals surface area contributed by atoms with Gasteiger partial charge in [0.1, 0.15) is 5.75 Å².